The second kappa shape index (κ2) is 10.3. The molecule has 0 bridgehead atoms. The van der Waals surface area contributed by atoms with Gasteiger partial charge in [-0.3, -0.25) is 9.36 Å². The first-order valence-corrected chi connectivity index (χ1v) is 12.9. The Morgan fingerprint density at radius 2 is 1.89 bits per heavy atom. The van der Waals surface area contributed by atoms with Crippen molar-refractivity contribution in [1.29, 1.82) is 0 Å². The molecule has 0 aliphatic carbocycles. The lowest BCUT2D eigenvalue weighted by Gasteiger charge is -2.24. The van der Waals surface area contributed by atoms with Gasteiger partial charge in [0, 0.05) is 16.7 Å². The van der Waals surface area contributed by atoms with Crippen molar-refractivity contribution >= 4 is 41.0 Å². The lowest BCUT2D eigenvalue weighted by Crippen LogP contribution is -2.39. The van der Waals surface area contributed by atoms with Gasteiger partial charge in [0.1, 0.15) is 11.5 Å². The molecule has 3 heterocycles. The van der Waals surface area contributed by atoms with E-state index in [0.29, 0.717) is 42.7 Å². The standard InChI is InChI=1S/C28H21ClN2O6S/c1-3-36-27(35)23-15(2)30-28-31(24(23)16-8-10-17(29)11-9-16)25(32)22(38-28)14-18-12-13-21(37-18)19-6-4-5-7-20(19)26(33)34/h4-14,24H,3H2,1-2H3,(H,33,34)/b22-14-/t24-/m0/s1. The predicted molar refractivity (Wildman–Crippen MR) is 143 cm³/mol. The van der Waals surface area contributed by atoms with Crippen LogP contribution < -0.4 is 14.9 Å². The number of fused-ring (bicyclic) bond motifs is 1. The minimum Gasteiger partial charge on any atom is -0.478 e. The molecule has 38 heavy (non-hydrogen) atoms. The van der Waals surface area contributed by atoms with Crippen LogP contribution in [0.5, 0.6) is 0 Å². The summed E-state index contributed by atoms with van der Waals surface area (Å²) in [6.07, 6.45) is 1.58. The summed E-state index contributed by atoms with van der Waals surface area (Å²) in [6, 6.07) is 16.0. The Morgan fingerprint density at radius 1 is 1.16 bits per heavy atom. The largest absolute Gasteiger partial charge is 0.478 e. The molecule has 10 heteroatoms. The van der Waals surface area contributed by atoms with Crippen LogP contribution in [0.15, 0.2) is 86.1 Å². The van der Waals surface area contributed by atoms with E-state index in [2.05, 4.69) is 4.99 Å². The summed E-state index contributed by atoms with van der Waals surface area (Å²) in [5, 5.41) is 10.0. The minimum absolute atomic E-state index is 0.109. The summed E-state index contributed by atoms with van der Waals surface area (Å²) in [7, 11) is 0. The van der Waals surface area contributed by atoms with Gasteiger partial charge in [-0.05, 0) is 49.7 Å². The van der Waals surface area contributed by atoms with Crippen LogP contribution in [0.1, 0.15) is 41.6 Å². The fraction of sp³-hybridized carbons (Fsp3) is 0.143. The zero-order valence-electron chi connectivity index (χ0n) is 20.3. The van der Waals surface area contributed by atoms with E-state index < -0.39 is 18.0 Å². The first-order valence-electron chi connectivity index (χ1n) is 11.7. The minimum atomic E-state index is -1.07. The van der Waals surface area contributed by atoms with E-state index in [1.54, 1.807) is 74.5 Å². The molecule has 0 saturated heterocycles. The van der Waals surface area contributed by atoms with Gasteiger partial charge in [0.15, 0.2) is 4.80 Å². The van der Waals surface area contributed by atoms with Crippen LogP contribution in [0.4, 0.5) is 0 Å². The first kappa shape index (κ1) is 25.4. The Kier molecular flexibility index (Phi) is 6.88. The monoisotopic (exact) mass is 548 g/mol. The summed E-state index contributed by atoms with van der Waals surface area (Å²) in [4.78, 5) is 43.2. The van der Waals surface area contributed by atoms with E-state index in [1.807, 2.05) is 0 Å². The number of furan rings is 1. The maximum absolute atomic E-state index is 13.7. The summed E-state index contributed by atoms with van der Waals surface area (Å²) < 4.78 is 13.0. The number of halogens is 1. The molecular formula is C28H21ClN2O6S. The molecule has 1 aliphatic heterocycles. The van der Waals surface area contributed by atoms with Crippen molar-refractivity contribution in [3.05, 3.63) is 114 Å². The van der Waals surface area contributed by atoms with Crippen molar-refractivity contribution in [2.45, 2.75) is 19.9 Å². The topological polar surface area (TPSA) is 111 Å². The number of nitrogens with zero attached hydrogens (tertiary/aromatic N) is 2. The van der Waals surface area contributed by atoms with Gasteiger partial charge in [0.25, 0.3) is 5.56 Å². The second-order valence-electron chi connectivity index (χ2n) is 8.41. The number of hydrogen-bond acceptors (Lipinski definition) is 7. The van der Waals surface area contributed by atoms with Crippen molar-refractivity contribution in [3.8, 4) is 11.3 Å². The smallest absolute Gasteiger partial charge is 0.338 e. The SMILES string of the molecule is CCOC(=O)C1=C(C)N=c2s/c(=C\c3ccc(-c4ccccc4C(=O)O)o3)c(=O)n2[C@H]1c1ccc(Cl)cc1. The zero-order valence-corrected chi connectivity index (χ0v) is 21.9. The number of aromatic carboxylic acids is 1. The van der Waals surface area contributed by atoms with Gasteiger partial charge < -0.3 is 14.3 Å². The van der Waals surface area contributed by atoms with Gasteiger partial charge >= 0.3 is 11.9 Å². The second-order valence-corrected chi connectivity index (χ2v) is 9.85. The first-order chi connectivity index (χ1) is 18.3. The van der Waals surface area contributed by atoms with Crippen molar-refractivity contribution in [2.75, 3.05) is 6.61 Å². The molecule has 0 unspecified atom stereocenters. The zero-order chi connectivity index (χ0) is 27.0. The Hall–Kier alpha value is -4.21. The van der Waals surface area contributed by atoms with Crippen molar-refractivity contribution in [1.82, 2.24) is 4.57 Å². The van der Waals surface area contributed by atoms with Gasteiger partial charge in [0.05, 0.1) is 34.0 Å². The summed E-state index contributed by atoms with van der Waals surface area (Å²) in [5.41, 5.74) is 1.61. The van der Waals surface area contributed by atoms with Crippen molar-refractivity contribution in [2.24, 2.45) is 4.99 Å². The molecule has 0 saturated carbocycles. The quantitative estimate of drug-likeness (QED) is 0.357. The molecule has 8 nitrogen and oxygen atoms in total. The molecular weight excluding hydrogens is 528 g/mol. The van der Waals surface area contributed by atoms with Gasteiger partial charge in [0.2, 0.25) is 0 Å². The Labute approximate surface area is 225 Å². The van der Waals surface area contributed by atoms with Crippen molar-refractivity contribution in [3.63, 3.8) is 0 Å². The van der Waals surface area contributed by atoms with Crippen LogP contribution in [-0.4, -0.2) is 28.2 Å². The number of thiazole rings is 1. The highest BCUT2D eigenvalue weighted by molar-refractivity contribution is 7.07. The molecule has 192 valence electrons. The number of allylic oxidation sites excluding steroid dienone is 1. The van der Waals surface area contributed by atoms with E-state index in [-0.39, 0.29) is 23.3 Å². The summed E-state index contributed by atoms with van der Waals surface area (Å²) in [5.74, 6) is -0.881. The fourth-order valence-electron chi connectivity index (χ4n) is 4.34. The summed E-state index contributed by atoms with van der Waals surface area (Å²) in [6.45, 7) is 3.61. The number of benzene rings is 2. The Bertz CT molecular complexity index is 1780. The normalized spacial score (nSPS) is 15.2. The molecule has 2 aromatic carbocycles. The van der Waals surface area contributed by atoms with Gasteiger partial charge in [-0.1, -0.05) is 53.3 Å². The average molecular weight is 549 g/mol. The number of carboxylic acids is 1. The predicted octanol–water partition coefficient (Wildman–Crippen LogP) is 4.41. The van der Waals surface area contributed by atoms with E-state index in [4.69, 9.17) is 20.8 Å². The Balaban J connectivity index is 1.64. The molecule has 1 atom stereocenters. The summed E-state index contributed by atoms with van der Waals surface area (Å²) >= 11 is 7.25. The third-order valence-corrected chi connectivity index (χ3v) is 7.26. The number of carbonyl (C=O) groups excluding carboxylic acids is 1. The maximum atomic E-state index is 13.7. The molecule has 5 rings (SSSR count). The van der Waals surface area contributed by atoms with Gasteiger partial charge in [-0.2, -0.15) is 0 Å². The number of hydrogen-bond donors (Lipinski definition) is 1. The molecule has 4 aromatic rings. The van der Waals surface area contributed by atoms with Gasteiger partial charge in [-0.15, -0.1) is 0 Å². The molecule has 0 radical (unpaired) electrons. The maximum Gasteiger partial charge on any atom is 0.338 e. The molecule has 0 fully saturated rings. The number of rotatable bonds is 6. The molecule has 0 spiro atoms. The van der Waals surface area contributed by atoms with E-state index in [0.717, 1.165) is 11.3 Å². The van der Waals surface area contributed by atoms with Crippen molar-refractivity contribution < 1.29 is 23.8 Å². The third kappa shape index (κ3) is 4.62. The van der Waals surface area contributed by atoms with Crippen LogP contribution in [0.25, 0.3) is 17.4 Å². The van der Waals surface area contributed by atoms with Gasteiger partial charge in [-0.25, -0.2) is 14.6 Å². The average Bonchev–Trinajstić information content (AvgIpc) is 3.48. The van der Waals surface area contributed by atoms with E-state index in [9.17, 15) is 19.5 Å². The number of carboxylic acid groups (broad SMARTS) is 1. The van der Waals surface area contributed by atoms with Crippen LogP contribution in [-0.2, 0) is 9.53 Å². The highest BCUT2D eigenvalue weighted by Gasteiger charge is 2.33. The highest BCUT2D eigenvalue weighted by atomic mass is 35.5. The molecule has 0 amide bonds. The van der Waals surface area contributed by atoms with E-state index in [1.165, 1.54) is 10.6 Å². The number of carbonyl (C=O) groups is 2. The number of esters is 1. The number of ether oxygens (including phenoxy) is 1. The van der Waals surface area contributed by atoms with Crippen LogP contribution >= 0.6 is 22.9 Å². The Morgan fingerprint density at radius 3 is 2.61 bits per heavy atom. The fourth-order valence-corrected chi connectivity index (χ4v) is 5.49. The molecule has 2 aromatic heterocycles. The third-order valence-electron chi connectivity index (χ3n) is 6.03. The molecule has 1 aliphatic rings. The lowest BCUT2D eigenvalue weighted by molar-refractivity contribution is -0.139. The van der Waals surface area contributed by atoms with Crippen LogP contribution in [0.2, 0.25) is 5.02 Å². The lowest BCUT2D eigenvalue weighted by atomic mass is 9.96. The van der Waals surface area contributed by atoms with E-state index >= 15 is 0 Å². The highest BCUT2D eigenvalue weighted by Crippen LogP contribution is 2.31. The van der Waals surface area contributed by atoms with Crippen LogP contribution in [0, 0.1) is 0 Å². The number of aromatic nitrogens is 1. The molecule has 1 N–H and O–H groups in total. The van der Waals surface area contributed by atoms with Crippen LogP contribution in [0.3, 0.4) is 0 Å².